The van der Waals surface area contributed by atoms with Crippen LogP contribution in [0.15, 0.2) is 12.2 Å². The van der Waals surface area contributed by atoms with E-state index in [0.29, 0.717) is 6.42 Å². The first-order chi connectivity index (χ1) is 4.27. The maximum absolute atomic E-state index is 10.4. The molecule has 0 unspecified atom stereocenters. The molecular formula is C8H14O. The zero-order valence-electron chi connectivity index (χ0n) is 6.18. The quantitative estimate of drug-likeness (QED) is 0.528. The molecule has 0 spiro atoms. The SMILES string of the molecule is CCC/C=C\CC(C)=O. The van der Waals surface area contributed by atoms with Crippen LogP contribution in [0.4, 0.5) is 0 Å². The molecule has 0 saturated carbocycles. The van der Waals surface area contributed by atoms with Crippen LogP contribution < -0.4 is 0 Å². The summed E-state index contributed by atoms with van der Waals surface area (Å²) in [6.45, 7) is 3.73. The Morgan fingerprint density at radius 3 is 2.56 bits per heavy atom. The summed E-state index contributed by atoms with van der Waals surface area (Å²) in [6.07, 6.45) is 6.84. The van der Waals surface area contributed by atoms with Crippen molar-refractivity contribution in [2.75, 3.05) is 0 Å². The summed E-state index contributed by atoms with van der Waals surface area (Å²) in [7, 11) is 0. The predicted octanol–water partition coefficient (Wildman–Crippen LogP) is 2.32. The van der Waals surface area contributed by atoms with Crippen molar-refractivity contribution in [3.63, 3.8) is 0 Å². The second-order valence-corrected chi connectivity index (χ2v) is 2.17. The lowest BCUT2D eigenvalue weighted by atomic mass is 10.2. The number of hydrogen-bond donors (Lipinski definition) is 0. The first-order valence-electron chi connectivity index (χ1n) is 3.41. The highest BCUT2D eigenvalue weighted by molar-refractivity contribution is 5.76. The molecule has 52 valence electrons. The molecule has 0 aromatic carbocycles. The summed E-state index contributed by atoms with van der Waals surface area (Å²) in [4.78, 5) is 10.4. The van der Waals surface area contributed by atoms with Crippen molar-refractivity contribution in [1.82, 2.24) is 0 Å². The Morgan fingerprint density at radius 2 is 2.11 bits per heavy atom. The molecule has 9 heavy (non-hydrogen) atoms. The topological polar surface area (TPSA) is 17.1 Å². The molecule has 0 amide bonds. The lowest BCUT2D eigenvalue weighted by Gasteiger charge is -1.83. The lowest BCUT2D eigenvalue weighted by molar-refractivity contribution is -0.116. The highest BCUT2D eigenvalue weighted by Gasteiger charge is 1.83. The van der Waals surface area contributed by atoms with Crippen molar-refractivity contribution in [3.8, 4) is 0 Å². The van der Waals surface area contributed by atoms with Gasteiger partial charge in [-0.3, -0.25) is 4.79 Å². The number of carbonyl (C=O) groups is 1. The number of unbranched alkanes of at least 4 members (excludes halogenated alkanes) is 1. The Kier molecular flexibility index (Phi) is 5.18. The molecule has 0 radical (unpaired) electrons. The van der Waals surface area contributed by atoms with Gasteiger partial charge >= 0.3 is 0 Å². The number of ketones is 1. The van der Waals surface area contributed by atoms with Crippen LogP contribution in [-0.2, 0) is 4.79 Å². The van der Waals surface area contributed by atoms with E-state index in [1.807, 2.05) is 6.08 Å². The summed E-state index contributed by atoms with van der Waals surface area (Å²) >= 11 is 0. The standard InChI is InChI=1S/C8H14O/c1-3-4-5-6-7-8(2)9/h5-6H,3-4,7H2,1-2H3/b6-5-. The van der Waals surface area contributed by atoms with Gasteiger partial charge in [0.2, 0.25) is 0 Å². The summed E-state index contributed by atoms with van der Waals surface area (Å²) < 4.78 is 0. The fourth-order valence-corrected chi connectivity index (χ4v) is 0.534. The van der Waals surface area contributed by atoms with Crippen LogP contribution in [-0.4, -0.2) is 5.78 Å². The maximum Gasteiger partial charge on any atom is 0.133 e. The van der Waals surface area contributed by atoms with E-state index in [-0.39, 0.29) is 5.78 Å². The van der Waals surface area contributed by atoms with E-state index >= 15 is 0 Å². The number of carbonyl (C=O) groups excluding carboxylic acids is 1. The number of hydrogen-bond acceptors (Lipinski definition) is 1. The molecule has 0 aliphatic heterocycles. The van der Waals surface area contributed by atoms with Crippen molar-refractivity contribution >= 4 is 5.78 Å². The third kappa shape index (κ3) is 7.41. The molecule has 0 atom stereocenters. The van der Waals surface area contributed by atoms with Gasteiger partial charge in [-0.15, -0.1) is 0 Å². The number of allylic oxidation sites excluding steroid dienone is 2. The van der Waals surface area contributed by atoms with Gasteiger partial charge in [0.1, 0.15) is 5.78 Å². The van der Waals surface area contributed by atoms with Crippen molar-refractivity contribution in [2.24, 2.45) is 0 Å². The summed E-state index contributed by atoms with van der Waals surface area (Å²) in [6, 6.07) is 0. The van der Waals surface area contributed by atoms with Crippen LogP contribution >= 0.6 is 0 Å². The van der Waals surface area contributed by atoms with Crippen molar-refractivity contribution < 1.29 is 4.79 Å². The van der Waals surface area contributed by atoms with Gasteiger partial charge in [0.25, 0.3) is 0 Å². The molecule has 0 bridgehead atoms. The Morgan fingerprint density at radius 1 is 1.44 bits per heavy atom. The largest absolute Gasteiger partial charge is 0.300 e. The van der Waals surface area contributed by atoms with Gasteiger partial charge in [0.15, 0.2) is 0 Å². The average molecular weight is 126 g/mol. The van der Waals surface area contributed by atoms with E-state index in [9.17, 15) is 4.79 Å². The van der Waals surface area contributed by atoms with Crippen LogP contribution in [0.2, 0.25) is 0 Å². The third-order valence-corrected chi connectivity index (χ3v) is 1.03. The molecule has 0 aliphatic rings. The lowest BCUT2D eigenvalue weighted by Crippen LogP contribution is -1.83. The maximum atomic E-state index is 10.4. The first kappa shape index (κ1) is 8.41. The summed E-state index contributed by atoms with van der Waals surface area (Å²) in [5.41, 5.74) is 0. The van der Waals surface area contributed by atoms with E-state index in [2.05, 4.69) is 13.0 Å². The second-order valence-electron chi connectivity index (χ2n) is 2.17. The molecule has 0 aliphatic carbocycles. The van der Waals surface area contributed by atoms with Crippen LogP contribution in [0.25, 0.3) is 0 Å². The van der Waals surface area contributed by atoms with Gasteiger partial charge in [0, 0.05) is 6.42 Å². The molecule has 0 rings (SSSR count). The summed E-state index contributed by atoms with van der Waals surface area (Å²) in [5.74, 6) is 0.238. The third-order valence-electron chi connectivity index (χ3n) is 1.03. The van der Waals surface area contributed by atoms with Crippen LogP contribution in [0.3, 0.4) is 0 Å². The molecule has 0 saturated heterocycles. The Balaban J connectivity index is 3.14. The van der Waals surface area contributed by atoms with E-state index in [1.54, 1.807) is 6.92 Å². The highest BCUT2D eigenvalue weighted by atomic mass is 16.1. The molecule has 0 aromatic rings. The minimum atomic E-state index is 0.238. The van der Waals surface area contributed by atoms with Gasteiger partial charge in [-0.05, 0) is 13.3 Å². The van der Waals surface area contributed by atoms with Crippen molar-refractivity contribution in [3.05, 3.63) is 12.2 Å². The molecular weight excluding hydrogens is 112 g/mol. The zero-order chi connectivity index (χ0) is 7.11. The van der Waals surface area contributed by atoms with E-state index in [1.165, 1.54) is 0 Å². The van der Waals surface area contributed by atoms with Crippen LogP contribution in [0.1, 0.15) is 33.1 Å². The minimum absolute atomic E-state index is 0.238. The molecule has 1 nitrogen and oxygen atoms in total. The molecule has 0 aromatic heterocycles. The fourth-order valence-electron chi connectivity index (χ4n) is 0.534. The van der Waals surface area contributed by atoms with E-state index < -0.39 is 0 Å². The first-order valence-corrected chi connectivity index (χ1v) is 3.41. The van der Waals surface area contributed by atoms with E-state index in [0.717, 1.165) is 12.8 Å². The monoisotopic (exact) mass is 126 g/mol. The molecule has 1 heteroatoms. The average Bonchev–Trinajstić information content (AvgIpc) is 1.80. The Hall–Kier alpha value is -0.590. The van der Waals surface area contributed by atoms with Gasteiger partial charge in [-0.1, -0.05) is 25.5 Å². The normalized spacial score (nSPS) is 10.4. The van der Waals surface area contributed by atoms with Crippen LogP contribution in [0, 0.1) is 0 Å². The van der Waals surface area contributed by atoms with Gasteiger partial charge in [-0.25, -0.2) is 0 Å². The summed E-state index contributed by atoms with van der Waals surface area (Å²) in [5, 5.41) is 0. The molecule has 0 N–H and O–H groups in total. The zero-order valence-corrected chi connectivity index (χ0v) is 6.18. The number of Topliss-reactive ketones (excluding diaryl/α,β-unsaturated/α-hetero) is 1. The van der Waals surface area contributed by atoms with Gasteiger partial charge in [-0.2, -0.15) is 0 Å². The smallest absolute Gasteiger partial charge is 0.133 e. The minimum Gasteiger partial charge on any atom is -0.300 e. The van der Waals surface area contributed by atoms with Crippen LogP contribution in [0.5, 0.6) is 0 Å². The Bertz CT molecular complexity index is 103. The van der Waals surface area contributed by atoms with Gasteiger partial charge in [0.05, 0.1) is 0 Å². The highest BCUT2D eigenvalue weighted by Crippen LogP contribution is 1.91. The predicted molar refractivity (Wildman–Crippen MR) is 39.3 cm³/mol. The molecule has 0 heterocycles. The number of rotatable bonds is 4. The van der Waals surface area contributed by atoms with Crippen molar-refractivity contribution in [2.45, 2.75) is 33.1 Å². The fraction of sp³-hybridized carbons (Fsp3) is 0.625. The Labute approximate surface area is 56.8 Å². The van der Waals surface area contributed by atoms with Gasteiger partial charge < -0.3 is 0 Å². The van der Waals surface area contributed by atoms with Crippen molar-refractivity contribution in [1.29, 1.82) is 0 Å². The van der Waals surface area contributed by atoms with E-state index in [4.69, 9.17) is 0 Å². The second kappa shape index (κ2) is 5.54. The molecule has 0 fully saturated rings.